The summed E-state index contributed by atoms with van der Waals surface area (Å²) in [4.78, 5) is 15.6. The topological polar surface area (TPSA) is 29.5 Å². The summed E-state index contributed by atoms with van der Waals surface area (Å²) in [6.45, 7) is 2.03. The van der Waals surface area contributed by atoms with E-state index in [-0.39, 0.29) is 5.91 Å². The van der Waals surface area contributed by atoms with Gasteiger partial charge in [-0.05, 0) is 110 Å². The van der Waals surface area contributed by atoms with Crippen LogP contribution >= 0.6 is 24.0 Å². The lowest BCUT2D eigenvalue weighted by Crippen LogP contribution is -2.48. The molecule has 1 saturated heterocycles. The fourth-order valence-corrected chi connectivity index (χ4v) is 8.53. The first-order valence-corrected chi connectivity index (χ1v) is 13.2. The van der Waals surface area contributed by atoms with Gasteiger partial charge in [0.05, 0.1) is 17.7 Å². The maximum absolute atomic E-state index is 13.3. The van der Waals surface area contributed by atoms with Gasteiger partial charge in [0, 0.05) is 5.56 Å². The molecule has 4 saturated carbocycles. The third-order valence-corrected chi connectivity index (χ3v) is 9.52. The smallest absolute Gasteiger partial charge is 0.270 e. The average molecular weight is 476 g/mol. The number of aryl methyl sites for hydroxylation is 1. The van der Waals surface area contributed by atoms with Crippen LogP contribution in [0.2, 0.25) is 0 Å². The maximum atomic E-state index is 13.3. The fourth-order valence-electron chi connectivity index (χ4n) is 7.24. The van der Waals surface area contributed by atoms with Crippen LogP contribution in [0.3, 0.4) is 0 Å². The molecule has 2 aromatic rings. The molecule has 5 heteroatoms. The van der Waals surface area contributed by atoms with Crippen LogP contribution in [0.4, 0.5) is 5.69 Å². The summed E-state index contributed by atoms with van der Waals surface area (Å²) in [7, 11) is 1.70. The standard InChI is InChI=1S/C28H29NO2S2/c1-17-4-3-5-23(8-17)29-26(30)25(33-27(29)32)13-21-12-22(6-7-24(21)31-2)28-14-18-9-19(15-28)11-20(10-18)16-28/h3-8,12-13,18-20H,9-11,14-16H2,1-2H3/b25-13-. The van der Waals surface area contributed by atoms with Crippen LogP contribution in [-0.4, -0.2) is 17.3 Å². The summed E-state index contributed by atoms with van der Waals surface area (Å²) in [6.07, 6.45) is 10.2. The summed E-state index contributed by atoms with van der Waals surface area (Å²) < 4.78 is 6.28. The zero-order valence-corrected chi connectivity index (χ0v) is 20.8. The SMILES string of the molecule is COc1ccc(C23CC4CC(CC(C4)C2)C3)cc1/C=C1\SC(=S)N(c2cccc(C)c2)C1=O. The van der Waals surface area contributed by atoms with Crippen molar-refractivity contribution in [2.45, 2.75) is 50.9 Å². The molecule has 4 bridgehead atoms. The number of methoxy groups -OCH3 is 1. The van der Waals surface area contributed by atoms with Crippen LogP contribution in [0.15, 0.2) is 47.4 Å². The second kappa shape index (κ2) is 7.99. The molecule has 0 atom stereocenters. The van der Waals surface area contributed by atoms with E-state index in [1.54, 1.807) is 12.0 Å². The van der Waals surface area contributed by atoms with E-state index in [2.05, 4.69) is 18.2 Å². The van der Waals surface area contributed by atoms with E-state index < -0.39 is 0 Å². The molecule has 0 N–H and O–H groups in total. The van der Waals surface area contributed by atoms with Crippen LogP contribution < -0.4 is 9.64 Å². The van der Waals surface area contributed by atoms with Gasteiger partial charge in [0.15, 0.2) is 4.32 Å². The number of ether oxygens (including phenoxy) is 1. The molecule has 5 aliphatic rings. The van der Waals surface area contributed by atoms with Crippen molar-refractivity contribution in [3.05, 3.63) is 64.1 Å². The number of carbonyl (C=O) groups excluding carboxylic acids is 1. The van der Waals surface area contributed by atoms with E-state index >= 15 is 0 Å². The molecule has 5 fully saturated rings. The minimum Gasteiger partial charge on any atom is -0.496 e. The Morgan fingerprint density at radius 2 is 1.76 bits per heavy atom. The number of carbonyl (C=O) groups is 1. The Balaban J connectivity index is 1.36. The zero-order valence-electron chi connectivity index (χ0n) is 19.2. The third kappa shape index (κ3) is 3.64. The highest BCUT2D eigenvalue weighted by molar-refractivity contribution is 8.27. The number of nitrogens with zero attached hydrogens (tertiary/aromatic N) is 1. The quantitative estimate of drug-likeness (QED) is 0.356. The molecule has 3 nitrogen and oxygen atoms in total. The van der Waals surface area contributed by atoms with E-state index in [4.69, 9.17) is 17.0 Å². The predicted octanol–water partition coefficient (Wildman–Crippen LogP) is 6.88. The molecule has 1 heterocycles. The highest BCUT2D eigenvalue weighted by atomic mass is 32.2. The van der Waals surface area contributed by atoms with Gasteiger partial charge in [-0.3, -0.25) is 9.69 Å². The number of hydrogen-bond donors (Lipinski definition) is 0. The lowest BCUT2D eigenvalue weighted by atomic mass is 9.48. The fraction of sp³-hybridized carbons (Fsp3) is 0.429. The number of thioether (sulfide) groups is 1. The van der Waals surface area contributed by atoms with Crippen molar-refractivity contribution >= 4 is 46.0 Å². The van der Waals surface area contributed by atoms with Gasteiger partial charge in [0.1, 0.15) is 5.75 Å². The summed E-state index contributed by atoms with van der Waals surface area (Å²) in [5, 5.41) is 0. The van der Waals surface area contributed by atoms with Gasteiger partial charge in [0.2, 0.25) is 0 Å². The van der Waals surface area contributed by atoms with Crippen LogP contribution in [-0.2, 0) is 10.2 Å². The minimum absolute atomic E-state index is 0.0575. The second-order valence-corrected chi connectivity index (χ2v) is 12.2. The lowest BCUT2D eigenvalue weighted by Gasteiger charge is -2.57. The Labute approximate surface area is 205 Å². The molecular weight excluding hydrogens is 446 g/mol. The monoisotopic (exact) mass is 475 g/mol. The van der Waals surface area contributed by atoms with E-state index in [1.165, 1.54) is 55.9 Å². The number of anilines is 1. The number of thiocarbonyl (C=S) groups is 1. The molecule has 2 aromatic carbocycles. The number of hydrogen-bond acceptors (Lipinski definition) is 4. The minimum atomic E-state index is -0.0575. The Hall–Kier alpha value is -2.11. The molecule has 7 rings (SSSR count). The van der Waals surface area contributed by atoms with Gasteiger partial charge < -0.3 is 4.74 Å². The first-order valence-electron chi connectivity index (χ1n) is 12.0. The van der Waals surface area contributed by atoms with Gasteiger partial charge in [0.25, 0.3) is 5.91 Å². The van der Waals surface area contributed by atoms with Crippen LogP contribution in [0.1, 0.15) is 55.2 Å². The van der Waals surface area contributed by atoms with Crippen LogP contribution in [0.25, 0.3) is 6.08 Å². The van der Waals surface area contributed by atoms with Crippen LogP contribution in [0.5, 0.6) is 5.75 Å². The molecule has 0 radical (unpaired) electrons. The van der Waals surface area contributed by atoms with Gasteiger partial charge >= 0.3 is 0 Å². The second-order valence-electron chi connectivity index (χ2n) is 10.5. The molecule has 33 heavy (non-hydrogen) atoms. The molecular formula is C28H29NO2S2. The molecule has 0 aromatic heterocycles. The average Bonchev–Trinajstić information content (AvgIpc) is 3.05. The molecule has 4 aliphatic carbocycles. The van der Waals surface area contributed by atoms with Crippen molar-refractivity contribution in [3.63, 3.8) is 0 Å². The Kier molecular flexibility index (Phi) is 5.19. The largest absolute Gasteiger partial charge is 0.496 e. The van der Waals surface area contributed by atoms with Gasteiger partial charge in [-0.1, -0.05) is 42.2 Å². The molecule has 0 spiro atoms. The highest BCUT2D eigenvalue weighted by Gasteiger charge is 2.51. The van der Waals surface area contributed by atoms with Crippen molar-refractivity contribution in [2.75, 3.05) is 12.0 Å². The van der Waals surface area contributed by atoms with Crippen molar-refractivity contribution in [3.8, 4) is 5.75 Å². The van der Waals surface area contributed by atoms with Crippen molar-refractivity contribution in [1.82, 2.24) is 0 Å². The van der Waals surface area contributed by atoms with Gasteiger partial charge in [-0.25, -0.2) is 0 Å². The first kappa shape index (κ1) is 21.4. The Bertz CT molecular complexity index is 1150. The predicted molar refractivity (Wildman–Crippen MR) is 140 cm³/mol. The zero-order chi connectivity index (χ0) is 22.7. The number of amides is 1. The summed E-state index contributed by atoms with van der Waals surface area (Å²) >= 11 is 6.97. The Morgan fingerprint density at radius 1 is 1.06 bits per heavy atom. The molecule has 170 valence electrons. The molecule has 0 unspecified atom stereocenters. The van der Waals surface area contributed by atoms with Crippen LogP contribution in [0, 0.1) is 24.7 Å². The Morgan fingerprint density at radius 3 is 2.39 bits per heavy atom. The maximum Gasteiger partial charge on any atom is 0.270 e. The van der Waals surface area contributed by atoms with Crippen molar-refractivity contribution in [1.29, 1.82) is 0 Å². The van der Waals surface area contributed by atoms with Crippen molar-refractivity contribution in [2.24, 2.45) is 17.8 Å². The van der Waals surface area contributed by atoms with E-state index in [0.717, 1.165) is 40.3 Å². The summed E-state index contributed by atoms with van der Waals surface area (Å²) in [6, 6.07) is 14.6. The first-order chi connectivity index (χ1) is 15.9. The van der Waals surface area contributed by atoms with Crippen molar-refractivity contribution < 1.29 is 9.53 Å². The van der Waals surface area contributed by atoms with Gasteiger partial charge in [-0.15, -0.1) is 0 Å². The third-order valence-electron chi connectivity index (χ3n) is 8.22. The van der Waals surface area contributed by atoms with E-state index in [0.29, 0.717) is 14.6 Å². The molecule has 1 amide bonds. The summed E-state index contributed by atoms with van der Waals surface area (Å²) in [5.41, 5.74) is 4.66. The lowest BCUT2D eigenvalue weighted by molar-refractivity contribution is -0.113. The van der Waals surface area contributed by atoms with Gasteiger partial charge in [-0.2, -0.15) is 0 Å². The highest BCUT2D eigenvalue weighted by Crippen LogP contribution is 2.61. The summed E-state index contributed by atoms with van der Waals surface area (Å²) in [5.74, 6) is 3.44. The van der Waals surface area contributed by atoms with E-state index in [9.17, 15) is 4.79 Å². The molecule has 1 aliphatic heterocycles. The normalized spacial score (nSPS) is 31.6. The number of benzene rings is 2. The number of rotatable bonds is 4. The van der Waals surface area contributed by atoms with E-state index in [1.807, 2.05) is 37.3 Å².